The molecule has 0 radical (unpaired) electrons. The number of rotatable bonds is 2. The van der Waals surface area contributed by atoms with Gasteiger partial charge >= 0.3 is 0 Å². The van der Waals surface area contributed by atoms with Crippen molar-refractivity contribution in [1.29, 1.82) is 0 Å². The number of benzene rings is 1. The van der Waals surface area contributed by atoms with E-state index in [0.717, 1.165) is 17.8 Å². The number of hydrogen-bond donors (Lipinski definition) is 1. The SMILES string of the molecule is Nc1nc(Sc2ccc3c(c2)OCCO3)c(F)cc1F. The van der Waals surface area contributed by atoms with Crippen LogP contribution in [0.3, 0.4) is 0 Å². The maximum Gasteiger partial charge on any atom is 0.168 e. The lowest BCUT2D eigenvalue weighted by molar-refractivity contribution is 0.171. The molecule has 2 N–H and O–H groups in total. The summed E-state index contributed by atoms with van der Waals surface area (Å²) in [5.41, 5.74) is 5.34. The number of fused-ring (bicyclic) bond motifs is 1. The monoisotopic (exact) mass is 296 g/mol. The topological polar surface area (TPSA) is 57.4 Å². The normalized spacial score (nSPS) is 13.3. The Morgan fingerprint density at radius 1 is 1.05 bits per heavy atom. The van der Waals surface area contributed by atoms with Gasteiger partial charge in [0, 0.05) is 11.0 Å². The predicted molar refractivity (Wildman–Crippen MR) is 70.1 cm³/mol. The number of nitrogens with two attached hydrogens (primary N) is 1. The Hall–Kier alpha value is -2.02. The second kappa shape index (κ2) is 5.16. The van der Waals surface area contributed by atoms with Crippen molar-refractivity contribution in [2.45, 2.75) is 9.92 Å². The fourth-order valence-electron chi connectivity index (χ4n) is 1.73. The second-order valence-corrected chi connectivity index (χ2v) is 5.11. The number of aromatic nitrogens is 1. The zero-order valence-electron chi connectivity index (χ0n) is 10.2. The van der Waals surface area contributed by atoms with Crippen LogP contribution in [0.2, 0.25) is 0 Å². The summed E-state index contributed by atoms with van der Waals surface area (Å²) in [6.07, 6.45) is 0. The van der Waals surface area contributed by atoms with Crippen LogP contribution in [0.1, 0.15) is 0 Å². The molecule has 0 unspecified atom stereocenters. The standard InChI is InChI=1S/C13H10F2N2O2S/c14-8-6-9(15)13(17-12(8)16)20-7-1-2-10-11(5-7)19-4-3-18-10/h1-2,5-6H,3-4H2,(H2,16,17). The first-order valence-electron chi connectivity index (χ1n) is 5.82. The maximum absolute atomic E-state index is 13.6. The van der Waals surface area contributed by atoms with E-state index in [1.807, 2.05) is 0 Å². The van der Waals surface area contributed by atoms with Crippen molar-refractivity contribution >= 4 is 17.6 Å². The van der Waals surface area contributed by atoms with Gasteiger partial charge in [-0.3, -0.25) is 0 Å². The molecule has 20 heavy (non-hydrogen) atoms. The summed E-state index contributed by atoms with van der Waals surface area (Å²) >= 11 is 1.04. The number of pyridine rings is 1. The molecule has 0 spiro atoms. The molecule has 4 nitrogen and oxygen atoms in total. The van der Waals surface area contributed by atoms with Gasteiger partial charge in [-0.25, -0.2) is 13.8 Å². The van der Waals surface area contributed by atoms with Crippen molar-refractivity contribution in [2.24, 2.45) is 0 Å². The summed E-state index contributed by atoms with van der Waals surface area (Å²) < 4.78 is 37.5. The molecule has 0 aliphatic carbocycles. The summed E-state index contributed by atoms with van der Waals surface area (Å²) in [5, 5.41) is 0.0144. The third-order valence-electron chi connectivity index (χ3n) is 2.65. The number of nitrogens with zero attached hydrogens (tertiary/aromatic N) is 1. The molecule has 2 aromatic rings. The quantitative estimate of drug-likeness (QED) is 0.923. The molecule has 2 heterocycles. The van der Waals surface area contributed by atoms with E-state index in [2.05, 4.69) is 4.98 Å². The van der Waals surface area contributed by atoms with Crippen LogP contribution in [0, 0.1) is 11.6 Å². The third-order valence-corrected chi connectivity index (χ3v) is 3.62. The highest BCUT2D eigenvalue weighted by molar-refractivity contribution is 7.99. The van der Waals surface area contributed by atoms with Gasteiger partial charge in [0.25, 0.3) is 0 Å². The van der Waals surface area contributed by atoms with E-state index in [4.69, 9.17) is 15.2 Å². The lowest BCUT2D eigenvalue weighted by Crippen LogP contribution is -2.15. The molecule has 0 atom stereocenters. The number of anilines is 1. The van der Waals surface area contributed by atoms with Gasteiger partial charge in [-0.1, -0.05) is 11.8 Å². The van der Waals surface area contributed by atoms with Crippen LogP contribution >= 0.6 is 11.8 Å². The molecule has 1 aliphatic heterocycles. The summed E-state index contributed by atoms with van der Waals surface area (Å²) in [5.74, 6) is -0.707. The minimum Gasteiger partial charge on any atom is -0.486 e. The third kappa shape index (κ3) is 2.49. The van der Waals surface area contributed by atoms with Crippen LogP contribution in [0.25, 0.3) is 0 Å². The Labute approximate surface area is 117 Å². The molecule has 1 aromatic heterocycles. The first-order chi connectivity index (χ1) is 9.63. The van der Waals surface area contributed by atoms with Crippen LogP contribution in [0.5, 0.6) is 11.5 Å². The van der Waals surface area contributed by atoms with Gasteiger partial charge in [0.05, 0.1) is 0 Å². The molecule has 0 saturated heterocycles. The average Bonchev–Trinajstić information content (AvgIpc) is 2.44. The second-order valence-electron chi connectivity index (χ2n) is 4.05. The minimum atomic E-state index is -0.867. The first-order valence-corrected chi connectivity index (χ1v) is 6.64. The molecule has 0 amide bonds. The van der Waals surface area contributed by atoms with Crippen LogP contribution < -0.4 is 15.2 Å². The number of halogens is 2. The van der Waals surface area contributed by atoms with E-state index in [-0.39, 0.29) is 10.8 Å². The van der Waals surface area contributed by atoms with Crippen molar-refractivity contribution < 1.29 is 18.3 Å². The van der Waals surface area contributed by atoms with Gasteiger partial charge in [0.1, 0.15) is 18.2 Å². The Morgan fingerprint density at radius 3 is 2.60 bits per heavy atom. The molecule has 3 rings (SSSR count). The molecule has 104 valence electrons. The maximum atomic E-state index is 13.6. The average molecular weight is 296 g/mol. The Balaban J connectivity index is 1.89. The van der Waals surface area contributed by atoms with Gasteiger partial charge in [0.2, 0.25) is 0 Å². The van der Waals surface area contributed by atoms with E-state index < -0.39 is 11.6 Å². The molecule has 0 bridgehead atoms. The van der Waals surface area contributed by atoms with E-state index in [1.165, 1.54) is 0 Å². The molecule has 1 aromatic carbocycles. The van der Waals surface area contributed by atoms with E-state index in [0.29, 0.717) is 29.6 Å². The van der Waals surface area contributed by atoms with E-state index in [1.54, 1.807) is 18.2 Å². The number of nitrogen functional groups attached to an aromatic ring is 1. The summed E-state index contributed by atoms with van der Waals surface area (Å²) in [7, 11) is 0. The number of hydrogen-bond acceptors (Lipinski definition) is 5. The Kier molecular flexibility index (Phi) is 3.35. The van der Waals surface area contributed by atoms with E-state index in [9.17, 15) is 8.78 Å². The summed E-state index contributed by atoms with van der Waals surface area (Å²) in [4.78, 5) is 4.40. The fourth-order valence-corrected chi connectivity index (χ4v) is 2.56. The van der Waals surface area contributed by atoms with Crippen molar-refractivity contribution in [1.82, 2.24) is 4.98 Å². The lowest BCUT2D eigenvalue weighted by atomic mass is 10.3. The predicted octanol–water partition coefficient (Wildman–Crippen LogP) is 2.86. The zero-order chi connectivity index (χ0) is 14.1. The van der Waals surface area contributed by atoms with Crippen molar-refractivity contribution in [3.05, 3.63) is 35.9 Å². The Morgan fingerprint density at radius 2 is 1.80 bits per heavy atom. The summed E-state index contributed by atoms with van der Waals surface area (Å²) in [6, 6.07) is 5.93. The molecular weight excluding hydrogens is 286 g/mol. The summed E-state index contributed by atoms with van der Waals surface area (Å²) in [6.45, 7) is 0.974. The fraction of sp³-hybridized carbons (Fsp3) is 0.154. The highest BCUT2D eigenvalue weighted by atomic mass is 32.2. The van der Waals surface area contributed by atoms with Gasteiger partial charge in [-0.15, -0.1) is 0 Å². The molecule has 0 saturated carbocycles. The van der Waals surface area contributed by atoms with Gasteiger partial charge < -0.3 is 15.2 Å². The van der Waals surface area contributed by atoms with E-state index >= 15 is 0 Å². The molecule has 0 fully saturated rings. The number of ether oxygens (including phenoxy) is 2. The van der Waals surface area contributed by atoms with Crippen LogP contribution in [0.4, 0.5) is 14.6 Å². The van der Waals surface area contributed by atoms with Gasteiger partial charge in [0.15, 0.2) is 29.0 Å². The largest absolute Gasteiger partial charge is 0.486 e. The molecule has 7 heteroatoms. The first kappa shape index (κ1) is 13.0. The van der Waals surface area contributed by atoms with Crippen molar-refractivity contribution in [3.63, 3.8) is 0 Å². The smallest absolute Gasteiger partial charge is 0.168 e. The van der Waals surface area contributed by atoms with Gasteiger partial charge in [-0.05, 0) is 18.2 Å². The van der Waals surface area contributed by atoms with Crippen molar-refractivity contribution in [3.8, 4) is 11.5 Å². The lowest BCUT2D eigenvalue weighted by Gasteiger charge is -2.18. The van der Waals surface area contributed by atoms with Crippen molar-refractivity contribution in [2.75, 3.05) is 18.9 Å². The van der Waals surface area contributed by atoms with Crippen LogP contribution in [-0.2, 0) is 0 Å². The van der Waals surface area contributed by atoms with Crippen LogP contribution in [-0.4, -0.2) is 18.2 Å². The van der Waals surface area contributed by atoms with Crippen LogP contribution in [0.15, 0.2) is 34.2 Å². The Bertz CT molecular complexity index is 667. The molecular formula is C13H10F2N2O2S. The highest BCUT2D eigenvalue weighted by Crippen LogP contribution is 2.37. The minimum absolute atomic E-state index is 0.0144. The zero-order valence-corrected chi connectivity index (χ0v) is 11.0. The molecule has 1 aliphatic rings. The highest BCUT2D eigenvalue weighted by Gasteiger charge is 2.15. The van der Waals surface area contributed by atoms with Gasteiger partial charge in [-0.2, -0.15) is 0 Å².